The van der Waals surface area contributed by atoms with E-state index in [1.54, 1.807) is 16.3 Å². The average molecular weight is 501 g/mol. The summed E-state index contributed by atoms with van der Waals surface area (Å²) in [7, 11) is 0. The minimum Gasteiger partial charge on any atom is -0.489 e. The molecule has 0 saturated heterocycles. The molecule has 0 atom stereocenters. The van der Waals surface area contributed by atoms with Crippen LogP contribution in [0, 0.1) is 0 Å². The van der Waals surface area contributed by atoms with Gasteiger partial charge in [0.2, 0.25) is 10.9 Å². The number of para-hydroxylation sites is 1. The van der Waals surface area contributed by atoms with E-state index in [1.807, 2.05) is 85.2 Å². The summed E-state index contributed by atoms with van der Waals surface area (Å²) in [5.74, 6) is 1.89. The molecule has 0 N–H and O–H groups in total. The standard InChI is InChI=1S/C26H20N4O3S2/c1-34-26-29-30-14-20(27-25(30)35-26)24-28-23-21(11-6-12-22(23)33-24)32-16-18-9-5-10-19(13-18)31-15-17-7-3-2-4-8-17/h2-14H,15-16H2,1H3. The van der Waals surface area contributed by atoms with E-state index >= 15 is 0 Å². The molecule has 0 bridgehead atoms. The molecule has 0 aliphatic carbocycles. The molecule has 0 amide bonds. The van der Waals surface area contributed by atoms with E-state index in [4.69, 9.17) is 13.9 Å². The fourth-order valence-electron chi connectivity index (χ4n) is 3.64. The summed E-state index contributed by atoms with van der Waals surface area (Å²) < 4.78 is 20.8. The van der Waals surface area contributed by atoms with Gasteiger partial charge in [0.1, 0.15) is 30.4 Å². The Morgan fingerprint density at radius 2 is 1.74 bits per heavy atom. The molecule has 0 radical (unpaired) electrons. The van der Waals surface area contributed by atoms with Crippen LogP contribution in [0.4, 0.5) is 0 Å². The van der Waals surface area contributed by atoms with Crippen LogP contribution >= 0.6 is 23.1 Å². The Morgan fingerprint density at radius 3 is 2.60 bits per heavy atom. The molecule has 7 nitrogen and oxygen atoms in total. The highest BCUT2D eigenvalue weighted by Crippen LogP contribution is 2.32. The molecule has 0 aliphatic rings. The Labute approximate surface area is 209 Å². The zero-order valence-corrected chi connectivity index (χ0v) is 20.4. The Balaban J connectivity index is 1.18. The number of benzene rings is 3. The van der Waals surface area contributed by atoms with Crippen LogP contribution in [0.1, 0.15) is 11.1 Å². The van der Waals surface area contributed by atoms with Crippen LogP contribution in [0.15, 0.2) is 87.8 Å². The molecule has 174 valence electrons. The fraction of sp³-hybridized carbons (Fsp3) is 0.115. The van der Waals surface area contributed by atoms with Crippen LogP contribution in [-0.2, 0) is 13.2 Å². The molecule has 6 rings (SSSR count). The lowest BCUT2D eigenvalue weighted by molar-refractivity contribution is 0.297. The number of rotatable bonds is 8. The zero-order valence-electron chi connectivity index (χ0n) is 18.7. The minimum atomic E-state index is 0.380. The number of hydrogen-bond acceptors (Lipinski definition) is 8. The fourth-order valence-corrected chi connectivity index (χ4v) is 4.99. The lowest BCUT2D eigenvalue weighted by Gasteiger charge is -2.10. The molecule has 0 spiro atoms. The van der Waals surface area contributed by atoms with E-state index in [0.717, 1.165) is 26.2 Å². The molecular formula is C26H20N4O3S2. The third kappa shape index (κ3) is 4.60. The predicted molar refractivity (Wildman–Crippen MR) is 137 cm³/mol. The number of nitrogens with zero attached hydrogens (tertiary/aromatic N) is 4. The Bertz CT molecular complexity index is 1580. The van der Waals surface area contributed by atoms with Crippen LogP contribution in [-0.4, -0.2) is 25.8 Å². The van der Waals surface area contributed by atoms with Gasteiger partial charge in [0.05, 0.1) is 6.20 Å². The van der Waals surface area contributed by atoms with Crippen molar-refractivity contribution in [2.75, 3.05) is 6.26 Å². The van der Waals surface area contributed by atoms with Gasteiger partial charge in [0, 0.05) is 0 Å². The average Bonchev–Trinajstić information content (AvgIpc) is 3.60. The molecular weight excluding hydrogens is 480 g/mol. The van der Waals surface area contributed by atoms with Crippen molar-refractivity contribution in [2.45, 2.75) is 17.6 Å². The molecule has 35 heavy (non-hydrogen) atoms. The van der Waals surface area contributed by atoms with E-state index < -0.39 is 0 Å². The second kappa shape index (κ2) is 9.44. The van der Waals surface area contributed by atoms with Crippen LogP contribution < -0.4 is 9.47 Å². The molecule has 9 heteroatoms. The van der Waals surface area contributed by atoms with Crippen molar-refractivity contribution >= 4 is 39.2 Å². The number of hydrogen-bond donors (Lipinski definition) is 0. The summed E-state index contributed by atoms with van der Waals surface area (Å²) >= 11 is 3.13. The number of ether oxygens (including phenoxy) is 2. The van der Waals surface area contributed by atoms with E-state index in [2.05, 4.69) is 15.1 Å². The number of fused-ring (bicyclic) bond motifs is 2. The number of imidazole rings is 1. The zero-order chi connectivity index (χ0) is 23.6. The van der Waals surface area contributed by atoms with E-state index in [9.17, 15) is 0 Å². The third-order valence-electron chi connectivity index (χ3n) is 5.34. The molecule has 0 aliphatic heterocycles. The molecule has 0 unspecified atom stereocenters. The smallest absolute Gasteiger partial charge is 0.248 e. The van der Waals surface area contributed by atoms with Crippen molar-refractivity contribution in [3.8, 4) is 23.1 Å². The summed E-state index contributed by atoms with van der Waals surface area (Å²) in [6.45, 7) is 0.900. The maximum Gasteiger partial charge on any atom is 0.248 e. The lowest BCUT2D eigenvalue weighted by Crippen LogP contribution is -1.98. The van der Waals surface area contributed by atoms with Gasteiger partial charge >= 0.3 is 0 Å². The number of aromatic nitrogens is 4. The molecule has 3 aromatic heterocycles. The molecule has 3 aromatic carbocycles. The van der Waals surface area contributed by atoms with Crippen molar-refractivity contribution in [1.82, 2.24) is 19.6 Å². The second-order valence-electron chi connectivity index (χ2n) is 7.76. The van der Waals surface area contributed by atoms with Crippen molar-refractivity contribution in [2.24, 2.45) is 0 Å². The molecule has 6 aromatic rings. The van der Waals surface area contributed by atoms with Gasteiger partial charge < -0.3 is 13.9 Å². The normalized spacial score (nSPS) is 11.3. The first-order valence-corrected chi connectivity index (χ1v) is 13.0. The maximum atomic E-state index is 6.13. The van der Waals surface area contributed by atoms with Gasteiger partial charge in [0.15, 0.2) is 15.4 Å². The van der Waals surface area contributed by atoms with Gasteiger partial charge in [-0.3, -0.25) is 0 Å². The van der Waals surface area contributed by atoms with Crippen LogP contribution in [0.2, 0.25) is 0 Å². The largest absolute Gasteiger partial charge is 0.489 e. The summed E-state index contributed by atoms with van der Waals surface area (Å²) in [6.07, 6.45) is 3.83. The minimum absolute atomic E-state index is 0.380. The highest BCUT2D eigenvalue weighted by Gasteiger charge is 2.17. The van der Waals surface area contributed by atoms with Crippen LogP contribution in [0.3, 0.4) is 0 Å². The van der Waals surface area contributed by atoms with Gasteiger partial charge in [-0.05, 0) is 41.6 Å². The summed E-state index contributed by atoms with van der Waals surface area (Å²) in [5, 5.41) is 4.48. The SMILES string of the molecule is CSc1nn2cc(-c3nc4c(OCc5cccc(OCc6ccccc6)c5)cccc4o3)nc2s1. The van der Waals surface area contributed by atoms with Crippen molar-refractivity contribution in [1.29, 1.82) is 0 Å². The first-order chi connectivity index (χ1) is 17.2. The monoisotopic (exact) mass is 500 g/mol. The Morgan fingerprint density at radius 1 is 0.914 bits per heavy atom. The highest BCUT2D eigenvalue weighted by molar-refractivity contribution is 8.00. The summed E-state index contributed by atoms with van der Waals surface area (Å²) in [6, 6.07) is 23.7. The van der Waals surface area contributed by atoms with E-state index in [0.29, 0.717) is 41.6 Å². The topological polar surface area (TPSA) is 74.7 Å². The lowest BCUT2D eigenvalue weighted by atomic mass is 10.2. The Kier molecular flexibility index (Phi) is 5.85. The van der Waals surface area contributed by atoms with Gasteiger partial charge in [-0.15, -0.1) is 5.10 Å². The van der Waals surface area contributed by atoms with Crippen molar-refractivity contribution in [3.63, 3.8) is 0 Å². The van der Waals surface area contributed by atoms with Gasteiger partial charge in [-0.25, -0.2) is 14.5 Å². The van der Waals surface area contributed by atoms with Gasteiger partial charge in [-0.1, -0.05) is 71.6 Å². The van der Waals surface area contributed by atoms with Crippen molar-refractivity contribution < 1.29 is 13.9 Å². The van der Waals surface area contributed by atoms with E-state index in [1.165, 1.54) is 11.3 Å². The quantitative estimate of drug-likeness (QED) is 0.221. The summed E-state index contributed by atoms with van der Waals surface area (Å²) in [4.78, 5) is 10.1. The van der Waals surface area contributed by atoms with Gasteiger partial charge in [-0.2, -0.15) is 0 Å². The first-order valence-electron chi connectivity index (χ1n) is 10.9. The second-order valence-corrected chi connectivity index (χ2v) is 9.77. The van der Waals surface area contributed by atoms with Crippen LogP contribution in [0.5, 0.6) is 11.5 Å². The van der Waals surface area contributed by atoms with Crippen molar-refractivity contribution in [3.05, 3.63) is 90.1 Å². The summed E-state index contributed by atoms with van der Waals surface area (Å²) in [5.41, 5.74) is 4.07. The van der Waals surface area contributed by atoms with Crippen LogP contribution in [0.25, 0.3) is 27.6 Å². The van der Waals surface area contributed by atoms with Gasteiger partial charge in [0.25, 0.3) is 0 Å². The first kappa shape index (κ1) is 21.7. The third-order valence-corrected chi connectivity index (χ3v) is 7.24. The molecule has 3 heterocycles. The Hall–Kier alpha value is -3.82. The van der Waals surface area contributed by atoms with E-state index in [-0.39, 0.29) is 0 Å². The maximum absolute atomic E-state index is 6.13. The number of thioether (sulfide) groups is 1. The molecule has 0 saturated carbocycles. The molecule has 0 fully saturated rings. The highest BCUT2D eigenvalue weighted by atomic mass is 32.2. The predicted octanol–water partition coefficient (Wildman–Crippen LogP) is 6.48. The number of oxazole rings is 1.